The van der Waals surface area contributed by atoms with Crippen molar-refractivity contribution in [3.05, 3.63) is 47.8 Å². The van der Waals surface area contributed by atoms with Gasteiger partial charge in [0, 0.05) is 18.4 Å². The van der Waals surface area contributed by atoms with Crippen molar-refractivity contribution in [1.82, 2.24) is 10.2 Å². The van der Waals surface area contributed by atoms with Gasteiger partial charge in [0.05, 0.1) is 11.8 Å². The molecule has 0 atom stereocenters. The number of hydrogen-bond donors (Lipinski definition) is 1. The summed E-state index contributed by atoms with van der Waals surface area (Å²) in [6.07, 6.45) is 3.15. The van der Waals surface area contributed by atoms with E-state index in [-0.39, 0.29) is 5.91 Å². The largest absolute Gasteiger partial charge is 0.309 e. The molecule has 1 aromatic heterocycles. The van der Waals surface area contributed by atoms with Gasteiger partial charge >= 0.3 is 0 Å². The summed E-state index contributed by atoms with van der Waals surface area (Å²) in [6, 6.07) is 7.91. The van der Waals surface area contributed by atoms with E-state index in [9.17, 15) is 4.79 Å². The van der Waals surface area contributed by atoms with E-state index in [1.54, 1.807) is 17.3 Å². The molecule has 0 radical (unpaired) electrons. The Morgan fingerprint density at radius 3 is 2.88 bits per heavy atom. The van der Waals surface area contributed by atoms with E-state index in [0.29, 0.717) is 12.1 Å². The number of amides is 1. The second-order valence-electron chi connectivity index (χ2n) is 3.88. The highest BCUT2D eigenvalue weighted by atomic mass is 16.2. The molecule has 1 N–H and O–H groups in total. The molecule has 88 valence electrons. The lowest BCUT2D eigenvalue weighted by atomic mass is 10.2. The molecule has 17 heavy (non-hydrogen) atoms. The van der Waals surface area contributed by atoms with Gasteiger partial charge in [-0.1, -0.05) is 12.1 Å². The van der Waals surface area contributed by atoms with Gasteiger partial charge in [-0.25, -0.2) is 0 Å². The molecule has 0 saturated carbocycles. The first-order valence-corrected chi connectivity index (χ1v) is 5.59. The zero-order valence-electron chi connectivity index (χ0n) is 9.97. The van der Waals surface area contributed by atoms with Crippen LogP contribution < -0.4 is 4.90 Å². The number of benzene rings is 1. The van der Waals surface area contributed by atoms with Gasteiger partial charge in [0.2, 0.25) is 0 Å². The molecular weight excluding hydrogens is 214 g/mol. The molecule has 0 aliphatic rings. The van der Waals surface area contributed by atoms with Gasteiger partial charge in [0.1, 0.15) is 0 Å². The molecule has 2 aromatic rings. The number of aryl methyl sites for hydroxylation is 1. The summed E-state index contributed by atoms with van der Waals surface area (Å²) in [5, 5.41) is 6.45. The zero-order valence-corrected chi connectivity index (χ0v) is 9.97. The first kappa shape index (κ1) is 11.4. The quantitative estimate of drug-likeness (QED) is 0.878. The number of aromatic amines is 1. The van der Waals surface area contributed by atoms with Crippen molar-refractivity contribution >= 4 is 11.6 Å². The lowest BCUT2D eigenvalue weighted by molar-refractivity contribution is 0.0988. The maximum absolute atomic E-state index is 12.2. The van der Waals surface area contributed by atoms with Crippen molar-refractivity contribution in [2.45, 2.75) is 13.8 Å². The van der Waals surface area contributed by atoms with E-state index in [0.717, 1.165) is 11.3 Å². The highest BCUT2D eigenvalue weighted by molar-refractivity contribution is 6.05. The minimum atomic E-state index is -0.0353. The first-order chi connectivity index (χ1) is 8.22. The molecule has 0 aliphatic heterocycles. The van der Waals surface area contributed by atoms with Gasteiger partial charge < -0.3 is 4.90 Å². The number of hydrogen-bond acceptors (Lipinski definition) is 2. The van der Waals surface area contributed by atoms with Crippen LogP contribution >= 0.6 is 0 Å². The molecule has 4 nitrogen and oxygen atoms in total. The Hall–Kier alpha value is -2.10. The fourth-order valence-electron chi connectivity index (χ4n) is 1.76. The Morgan fingerprint density at radius 1 is 1.47 bits per heavy atom. The third-order valence-electron chi connectivity index (χ3n) is 2.62. The summed E-state index contributed by atoms with van der Waals surface area (Å²) in [5.41, 5.74) is 2.63. The highest BCUT2D eigenvalue weighted by Crippen LogP contribution is 2.17. The van der Waals surface area contributed by atoms with Crippen molar-refractivity contribution in [3.8, 4) is 0 Å². The van der Waals surface area contributed by atoms with Crippen LogP contribution in [0.15, 0.2) is 36.7 Å². The third kappa shape index (κ3) is 2.36. The predicted octanol–water partition coefficient (Wildman–Crippen LogP) is 2.38. The van der Waals surface area contributed by atoms with Crippen molar-refractivity contribution in [1.29, 1.82) is 0 Å². The summed E-state index contributed by atoms with van der Waals surface area (Å²) < 4.78 is 0. The second-order valence-corrected chi connectivity index (χ2v) is 3.88. The van der Waals surface area contributed by atoms with Crippen LogP contribution in [-0.2, 0) is 0 Å². The van der Waals surface area contributed by atoms with Crippen LogP contribution in [0.4, 0.5) is 5.69 Å². The van der Waals surface area contributed by atoms with Crippen LogP contribution in [0.5, 0.6) is 0 Å². The topological polar surface area (TPSA) is 49.0 Å². The summed E-state index contributed by atoms with van der Waals surface area (Å²) in [5.74, 6) is -0.0353. The van der Waals surface area contributed by atoms with E-state index in [4.69, 9.17) is 0 Å². The normalized spacial score (nSPS) is 10.2. The van der Waals surface area contributed by atoms with Crippen molar-refractivity contribution in [3.63, 3.8) is 0 Å². The Kier molecular flexibility index (Phi) is 3.23. The van der Waals surface area contributed by atoms with Gasteiger partial charge in [-0.15, -0.1) is 0 Å². The SMILES string of the molecule is CCN(C(=O)c1cn[nH]c1)c1cccc(C)c1. The average Bonchev–Trinajstić information content (AvgIpc) is 2.83. The number of nitrogens with zero attached hydrogens (tertiary/aromatic N) is 2. The molecule has 1 heterocycles. The Balaban J connectivity index is 2.31. The van der Waals surface area contributed by atoms with E-state index in [2.05, 4.69) is 10.2 Å². The van der Waals surface area contributed by atoms with Crippen LogP contribution in [0.1, 0.15) is 22.8 Å². The van der Waals surface area contributed by atoms with Crippen LogP contribution in [0.2, 0.25) is 0 Å². The Labute approximate surface area is 100 Å². The van der Waals surface area contributed by atoms with Crippen molar-refractivity contribution in [2.75, 3.05) is 11.4 Å². The van der Waals surface area contributed by atoms with E-state index >= 15 is 0 Å². The van der Waals surface area contributed by atoms with Crippen molar-refractivity contribution in [2.24, 2.45) is 0 Å². The Bertz CT molecular complexity index is 505. The molecule has 0 bridgehead atoms. The molecule has 0 saturated heterocycles. The molecule has 0 aliphatic carbocycles. The summed E-state index contributed by atoms with van der Waals surface area (Å²) >= 11 is 0. The van der Waals surface area contributed by atoms with Gasteiger partial charge in [-0.05, 0) is 31.5 Å². The number of carbonyl (C=O) groups is 1. The van der Waals surface area contributed by atoms with Crippen molar-refractivity contribution < 1.29 is 4.79 Å². The number of aromatic nitrogens is 2. The fraction of sp³-hybridized carbons (Fsp3) is 0.231. The van der Waals surface area contributed by atoms with Crippen LogP contribution in [0.3, 0.4) is 0 Å². The zero-order chi connectivity index (χ0) is 12.3. The van der Waals surface area contributed by atoms with Gasteiger partial charge in [0.25, 0.3) is 5.91 Å². The highest BCUT2D eigenvalue weighted by Gasteiger charge is 2.16. The lowest BCUT2D eigenvalue weighted by Gasteiger charge is -2.20. The lowest BCUT2D eigenvalue weighted by Crippen LogP contribution is -2.30. The van der Waals surface area contributed by atoms with Gasteiger partial charge in [-0.2, -0.15) is 5.10 Å². The summed E-state index contributed by atoms with van der Waals surface area (Å²) in [6.45, 7) is 4.60. The van der Waals surface area contributed by atoms with E-state index in [1.807, 2.05) is 38.1 Å². The molecule has 4 heteroatoms. The standard InChI is InChI=1S/C13H15N3O/c1-3-16(12-6-4-5-10(2)7-12)13(17)11-8-14-15-9-11/h4-9H,3H2,1-2H3,(H,14,15). The molecule has 0 spiro atoms. The van der Waals surface area contributed by atoms with E-state index < -0.39 is 0 Å². The minimum Gasteiger partial charge on any atom is -0.309 e. The molecule has 0 unspecified atom stereocenters. The van der Waals surface area contributed by atoms with Crippen LogP contribution in [-0.4, -0.2) is 22.6 Å². The molecule has 1 amide bonds. The van der Waals surface area contributed by atoms with Crippen LogP contribution in [0, 0.1) is 6.92 Å². The monoisotopic (exact) mass is 229 g/mol. The Morgan fingerprint density at radius 2 is 2.29 bits per heavy atom. The maximum atomic E-state index is 12.2. The summed E-state index contributed by atoms with van der Waals surface area (Å²) in [4.78, 5) is 13.9. The average molecular weight is 229 g/mol. The number of nitrogens with one attached hydrogen (secondary N) is 1. The third-order valence-corrected chi connectivity index (χ3v) is 2.62. The summed E-state index contributed by atoms with van der Waals surface area (Å²) in [7, 11) is 0. The number of carbonyl (C=O) groups excluding carboxylic acids is 1. The minimum absolute atomic E-state index is 0.0353. The van der Waals surface area contributed by atoms with Crippen LogP contribution in [0.25, 0.3) is 0 Å². The second kappa shape index (κ2) is 4.82. The molecular formula is C13H15N3O. The fourth-order valence-corrected chi connectivity index (χ4v) is 1.76. The molecule has 2 rings (SSSR count). The first-order valence-electron chi connectivity index (χ1n) is 5.59. The number of rotatable bonds is 3. The van der Waals surface area contributed by atoms with Gasteiger partial charge in [-0.3, -0.25) is 9.89 Å². The predicted molar refractivity (Wildman–Crippen MR) is 67.1 cm³/mol. The molecule has 0 fully saturated rings. The maximum Gasteiger partial charge on any atom is 0.261 e. The number of anilines is 1. The smallest absolute Gasteiger partial charge is 0.261 e. The molecule has 1 aromatic carbocycles. The van der Waals surface area contributed by atoms with Gasteiger partial charge in [0.15, 0.2) is 0 Å². The van der Waals surface area contributed by atoms with E-state index in [1.165, 1.54) is 0 Å². The number of H-pyrrole nitrogens is 1.